The van der Waals surface area contributed by atoms with Gasteiger partial charge in [0.15, 0.2) is 14.1 Å². The molecule has 0 aromatic rings. The molecule has 8 nitrogen and oxygen atoms in total. The van der Waals surface area contributed by atoms with E-state index in [2.05, 4.69) is 24.5 Å². The molecule has 0 aromatic carbocycles. The van der Waals surface area contributed by atoms with E-state index in [-0.39, 0.29) is 20.6 Å². The lowest BCUT2D eigenvalue weighted by Gasteiger charge is -1.77. The molecule has 0 bridgehead atoms. The van der Waals surface area contributed by atoms with Gasteiger partial charge >= 0.3 is 0 Å². The molecular formula is C9H27ClN2O6S. The first-order chi connectivity index (χ1) is 7.44. The average Bonchev–Trinajstić information content (AvgIpc) is 2.02. The summed E-state index contributed by atoms with van der Waals surface area (Å²) in [5, 5.41) is 17.6. The van der Waals surface area contributed by atoms with Crippen molar-refractivity contribution in [3.63, 3.8) is 0 Å². The molecule has 0 radical (unpaired) electrons. The number of halogens is 1. The highest BCUT2D eigenvalue weighted by Crippen LogP contribution is 1.91. The molecule has 10 heteroatoms. The molecule has 0 rings (SSSR count). The first-order valence-corrected chi connectivity index (χ1v) is 7.00. The van der Waals surface area contributed by atoms with Gasteiger partial charge in [0.25, 0.3) is 0 Å². The molecule has 0 aliphatic carbocycles. The van der Waals surface area contributed by atoms with Crippen molar-refractivity contribution < 1.29 is 18.3 Å². The maximum absolute atomic E-state index is 9.77. The molecule has 0 saturated heterocycles. The Morgan fingerprint density at radius 3 is 1.00 bits per heavy atom. The second kappa shape index (κ2) is 25.8. The minimum absolute atomic E-state index is 0. The predicted octanol–water partition coefficient (Wildman–Crippen LogP) is 3.05. The molecule has 0 spiro atoms. The van der Waals surface area contributed by atoms with Gasteiger partial charge in [0.1, 0.15) is 0 Å². The minimum Gasteiger partial charge on any atom is -0.265 e. The average molecular weight is 327 g/mol. The Bertz CT molecular complexity index is 262. The molecule has 19 heavy (non-hydrogen) atoms. The van der Waals surface area contributed by atoms with Crippen LogP contribution >= 0.6 is 10.7 Å². The monoisotopic (exact) mass is 326 g/mol. The summed E-state index contributed by atoms with van der Waals surface area (Å²) in [6, 6.07) is 0. The smallest absolute Gasteiger partial charge is 0.232 e. The van der Waals surface area contributed by atoms with Gasteiger partial charge in [-0.05, 0) is 0 Å². The van der Waals surface area contributed by atoms with Crippen molar-refractivity contribution in [1.29, 1.82) is 0 Å². The molecule has 0 unspecified atom stereocenters. The lowest BCUT2D eigenvalue weighted by Crippen LogP contribution is -1.88. The summed E-state index contributed by atoms with van der Waals surface area (Å²) in [6.45, 7) is 5.74. The molecule has 122 valence electrons. The van der Waals surface area contributed by atoms with Crippen LogP contribution in [0.25, 0.3) is 0 Å². The molecule has 0 saturated carbocycles. The van der Waals surface area contributed by atoms with Crippen molar-refractivity contribution in [2.45, 2.75) is 42.0 Å². The minimum atomic E-state index is -3.19. The van der Waals surface area contributed by atoms with Crippen molar-refractivity contribution in [1.82, 2.24) is 0 Å². The third-order valence-electron chi connectivity index (χ3n) is 0.345. The zero-order chi connectivity index (χ0) is 15.1. The van der Waals surface area contributed by atoms with Gasteiger partial charge in [-0.2, -0.15) is 0 Å². The highest BCUT2D eigenvalue weighted by Gasteiger charge is 1.94. The normalized spacial score (nSPS) is 7.26. The van der Waals surface area contributed by atoms with Crippen molar-refractivity contribution in [3.8, 4) is 0 Å². The van der Waals surface area contributed by atoms with E-state index in [1.807, 2.05) is 0 Å². The van der Waals surface area contributed by atoms with Crippen LogP contribution in [0, 0.1) is 20.2 Å². The second-order valence-corrected chi connectivity index (χ2v) is 5.48. The van der Waals surface area contributed by atoms with E-state index in [9.17, 15) is 8.42 Å². The molecule has 0 aliphatic rings. The van der Waals surface area contributed by atoms with Gasteiger partial charge in [0.05, 0.1) is 5.75 Å². The summed E-state index contributed by atoms with van der Waals surface area (Å²) in [5.41, 5.74) is 0. The molecule has 0 aliphatic heterocycles. The molecule has 0 atom stereocenters. The van der Waals surface area contributed by atoms with Gasteiger partial charge in [0, 0.05) is 20.5 Å². The Labute approximate surface area is 120 Å². The Balaban J connectivity index is -0.0000000296. The summed E-state index contributed by atoms with van der Waals surface area (Å²) in [4.78, 5) is 16.6. The number of hydrogen-bond donors (Lipinski definition) is 0. The predicted molar refractivity (Wildman–Crippen MR) is 80.6 cm³/mol. The zero-order valence-corrected chi connectivity index (χ0v) is 12.1. The van der Waals surface area contributed by atoms with Gasteiger partial charge in [-0.1, -0.05) is 42.0 Å². The summed E-state index contributed by atoms with van der Waals surface area (Å²) < 4.78 is 19.5. The molecule has 0 aromatic heterocycles. The largest absolute Gasteiger partial charge is 0.265 e. The van der Waals surface area contributed by atoms with Gasteiger partial charge < -0.3 is 0 Å². The van der Waals surface area contributed by atoms with Crippen molar-refractivity contribution in [3.05, 3.63) is 20.2 Å². The maximum atomic E-state index is 9.77. The van der Waals surface area contributed by atoms with Crippen LogP contribution in [0.3, 0.4) is 0 Å². The Morgan fingerprint density at radius 1 is 0.947 bits per heavy atom. The van der Waals surface area contributed by atoms with E-state index < -0.39 is 18.9 Å². The van der Waals surface area contributed by atoms with Crippen LogP contribution in [-0.2, 0) is 9.05 Å². The second-order valence-electron chi connectivity index (χ2n) is 2.41. The van der Waals surface area contributed by atoms with E-state index in [0.717, 1.165) is 14.1 Å². The van der Waals surface area contributed by atoms with E-state index in [4.69, 9.17) is 20.2 Å². The SMILES string of the molecule is C.C.CCC.CCS(=O)(=O)Cl.C[N+](=O)[O-].C[N+](=O)[O-]. The first-order valence-electron chi connectivity index (χ1n) is 4.52. The Kier molecular flexibility index (Phi) is 49.0. The Hall–Kier alpha value is -0.960. The van der Waals surface area contributed by atoms with Crippen molar-refractivity contribution in [2.75, 3.05) is 19.8 Å². The van der Waals surface area contributed by atoms with Gasteiger partial charge in [0.2, 0.25) is 9.05 Å². The summed E-state index contributed by atoms with van der Waals surface area (Å²) in [6.07, 6.45) is 1.25. The maximum Gasteiger partial charge on any atom is 0.232 e. The molecule has 0 N–H and O–H groups in total. The van der Waals surface area contributed by atoms with Gasteiger partial charge in [-0.25, -0.2) is 8.42 Å². The summed E-state index contributed by atoms with van der Waals surface area (Å²) >= 11 is 0. The van der Waals surface area contributed by atoms with Crippen LogP contribution in [0.15, 0.2) is 0 Å². The van der Waals surface area contributed by atoms with E-state index in [0.29, 0.717) is 0 Å². The zero-order valence-electron chi connectivity index (χ0n) is 10.5. The molecular weight excluding hydrogens is 300 g/mol. The first kappa shape index (κ1) is 36.1. The van der Waals surface area contributed by atoms with Gasteiger partial charge in [-0.3, -0.25) is 20.2 Å². The fraction of sp³-hybridized carbons (Fsp3) is 1.00. The van der Waals surface area contributed by atoms with Crippen molar-refractivity contribution >= 4 is 19.7 Å². The topological polar surface area (TPSA) is 120 Å². The van der Waals surface area contributed by atoms with E-state index in [1.165, 1.54) is 13.3 Å². The summed E-state index contributed by atoms with van der Waals surface area (Å²) in [7, 11) is 3.28. The lowest BCUT2D eigenvalue weighted by atomic mass is 10.6. The third kappa shape index (κ3) is 926. The highest BCUT2D eigenvalue weighted by molar-refractivity contribution is 8.13. The van der Waals surface area contributed by atoms with E-state index in [1.54, 1.807) is 0 Å². The van der Waals surface area contributed by atoms with Crippen LogP contribution in [-0.4, -0.2) is 38.1 Å². The number of rotatable bonds is 1. The quantitative estimate of drug-likeness (QED) is 0.414. The van der Waals surface area contributed by atoms with Gasteiger partial charge in [-0.15, -0.1) is 0 Å². The number of nitrogens with zero attached hydrogens (tertiary/aromatic N) is 2. The number of nitro groups is 2. The fourth-order valence-electron chi connectivity index (χ4n) is 0. The van der Waals surface area contributed by atoms with Crippen molar-refractivity contribution in [2.24, 2.45) is 0 Å². The highest BCUT2D eigenvalue weighted by atomic mass is 35.7. The van der Waals surface area contributed by atoms with Crippen LogP contribution in [0.2, 0.25) is 0 Å². The van der Waals surface area contributed by atoms with Crippen LogP contribution in [0.4, 0.5) is 0 Å². The fourth-order valence-corrected chi connectivity index (χ4v) is 0. The lowest BCUT2D eigenvalue weighted by molar-refractivity contribution is -0.445. The number of hydrogen-bond acceptors (Lipinski definition) is 6. The third-order valence-corrected chi connectivity index (χ3v) is 1.69. The van der Waals surface area contributed by atoms with Crippen LogP contribution < -0.4 is 0 Å². The van der Waals surface area contributed by atoms with Crippen LogP contribution in [0.5, 0.6) is 0 Å². The molecule has 0 amide bonds. The molecule has 0 fully saturated rings. The molecule has 0 heterocycles. The standard InChI is InChI=1S/C3H8.C2H5ClO2S.2CH3NO2.2CH4/c1-3-2;1-2-6(3,4)5;2*1-2(3)4;;/h3H2,1-2H3;2H2,1H3;2*1H3;2*1H4. The summed E-state index contributed by atoms with van der Waals surface area (Å²) in [5.74, 6) is 0.00849. The van der Waals surface area contributed by atoms with Crippen LogP contribution in [0.1, 0.15) is 42.0 Å². The Morgan fingerprint density at radius 2 is 1.00 bits per heavy atom. The van der Waals surface area contributed by atoms with E-state index >= 15 is 0 Å².